The Bertz CT molecular complexity index is 867. The van der Waals surface area contributed by atoms with E-state index in [0.29, 0.717) is 12.6 Å². The van der Waals surface area contributed by atoms with E-state index in [0.717, 1.165) is 28.3 Å². The van der Waals surface area contributed by atoms with Gasteiger partial charge in [0.05, 0.1) is 17.4 Å². The minimum atomic E-state index is 0.171. The average molecular weight is 381 g/mol. The number of hydrogen-bond donors (Lipinski definition) is 2. The summed E-state index contributed by atoms with van der Waals surface area (Å²) in [5, 5.41) is 3.72. The highest BCUT2D eigenvalue weighted by atomic mass is 16.5. The van der Waals surface area contributed by atoms with Crippen LogP contribution in [0.5, 0.6) is 5.75 Å². The van der Waals surface area contributed by atoms with Gasteiger partial charge in [-0.05, 0) is 60.7 Å². The Morgan fingerprint density at radius 3 is 2.50 bits per heavy atom. The van der Waals surface area contributed by atoms with Crippen molar-refractivity contribution in [1.82, 2.24) is 5.43 Å². The van der Waals surface area contributed by atoms with Crippen molar-refractivity contribution in [2.24, 2.45) is 11.3 Å². The summed E-state index contributed by atoms with van der Waals surface area (Å²) in [7, 11) is 1.85. The molecule has 1 aliphatic heterocycles. The van der Waals surface area contributed by atoms with Crippen molar-refractivity contribution >= 4 is 11.4 Å². The number of aryl methyl sites for hydroxylation is 2. The molecule has 150 valence electrons. The molecule has 0 saturated carbocycles. The topological polar surface area (TPSA) is 53.8 Å². The molecular weight excluding hydrogens is 348 g/mol. The van der Waals surface area contributed by atoms with Crippen molar-refractivity contribution in [3.63, 3.8) is 0 Å². The molecule has 1 heterocycles. The molecule has 5 nitrogen and oxygen atoms in total. The minimum Gasteiger partial charge on any atom is -0.489 e. The SMILES string of the molecule is Cc1cc(N2C=CC(C(C)(C)C)N2)ccc1OCc1c(C)cccc1N(C)N. The molecule has 0 radical (unpaired) electrons. The lowest BCUT2D eigenvalue weighted by atomic mass is 9.88. The standard InChI is InChI=1S/C23H32N4O/c1-16-8-7-9-20(26(6)24)19(16)15-28-21-11-10-18(14-17(21)2)27-13-12-22(25-27)23(3,4)5/h7-14,22,25H,15,24H2,1-6H3. The molecule has 1 atom stereocenters. The van der Waals surface area contributed by atoms with Gasteiger partial charge >= 0.3 is 0 Å². The van der Waals surface area contributed by atoms with Crippen molar-refractivity contribution in [2.45, 2.75) is 47.3 Å². The molecule has 0 bridgehead atoms. The number of hydrazine groups is 2. The fourth-order valence-electron chi connectivity index (χ4n) is 3.35. The van der Waals surface area contributed by atoms with E-state index in [2.05, 4.69) is 75.5 Å². The van der Waals surface area contributed by atoms with Gasteiger partial charge in [0.25, 0.3) is 0 Å². The predicted octanol–water partition coefficient (Wildman–Crippen LogP) is 4.45. The summed E-state index contributed by atoms with van der Waals surface area (Å²) in [6, 6.07) is 12.7. The monoisotopic (exact) mass is 380 g/mol. The Morgan fingerprint density at radius 1 is 1.14 bits per heavy atom. The van der Waals surface area contributed by atoms with Gasteiger partial charge in [0.2, 0.25) is 0 Å². The first-order chi connectivity index (χ1) is 13.2. The van der Waals surface area contributed by atoms with Crippen molar-refractivity contribution in [2.75, 3.05) is 17.1 Å². The normalized spacial score (nSPS) is 16.5. The first-order valence-corrected chi connectivity index (χ1v) is 9.71. The Kier molecular flexibility index (Phi) is 5.68. The van der Waals surface area contributed by atoms with E-state index in [1.54, 1.807) is 5.01 Å². The van der Waals surface area contributed by atoms with E-state index in [-0.39, 0.29) is 5.41 Å². The van der Waals surface area contributed by atoms with E-state index in [1.165, 1.54) is 5.56 Å². The summed E-state index contributed by atoms with van der Waals surface area (Å²) in [5.74, 6) is 6.86. The minimum absolute atomic E-state index is 0.171. The largest absolute Gasteiger partial charge is 0.489 e. The van der Waals surface area contributed by atoms with Crippen LogP contribution in [0.1, 0.15) is 37.5 Å². The average Bonchev–Trinajstić information content (AvgIpc) is 3.11. The van der Waals surface area contributed by atoms with E-state index < -0.39 is 0 Å². The number of ether oxygens (including phenoxy) is 1. The first-order valence-electron chi connectivity index (χ1n) is 9.71. The number of nitrogens with two attached hydrogens (primary N) is 1. The Balaban J connectivity index is 1.72. The first kappa shape index (κ1) is 20.2. The van der Waals surface area contributed by atoms with Gasteiger partial charge in [0, 0.05) is 18.8 Å². The number of benzene rings is 2. The number of nitrogens with one attached hydrogen (secondary N) is 1. The summed E-state index contributed by atoms with van der Waals surface area (Å²) >= 11 is 0. The maximum atomic E-state index is 6.15. The third-order valence-electron chi connectivity index (χ3n) is 5.21. The van der Waals surface area contributed by atoms with Gasteiger partial charge < -0.3 is 9.75 Å². The van der Waals surface area contributed by atoms with Crippen LogP contribution >= 0.6 is 0 Å². The summed E-state index contributed by atoms with van der Waals surface area (Å²) < 4.78 is 6.15. The van der Waals surface area contributed by atoms with Gasteiger partial charge in [-0.3, -0.25) is 5.01 Å². The van der Waals surface area contributed by atoms with E-state index in [4.69, 9.17) is 10.6 Å². The van der Waals surface area contributed by atoms with E-state index in [1.807, 2.05) is 25.2 Å². The molecule has 3 rings (SSSR count). The summed E-state index contributed by atoms with van der Waals surface area (Å²) in [4.78, 5) is 0. The molecular formula is C23H32N4O. The van der Waals surface area contributed by atoms with Crippen LogP contribution in [0.3, 0.4) is 0 Å². The zero-order valence-corrected chi connectivity index (χ0v) is 17.8. The fraction of sp³-hybridized carbons (Fsp3) is 0.391. The maximum Gasteiger partial charge on any atom is 0.122 e. The molecule has 1 unspecified atom stereocenters. The quantitative estimate of drug-likeness (QED) is 0.593. The molecule has 28 heavy (non-hydrogen) atoms. The molecule has 0 saturated heterocycles. The molecule has 2 aromatic rings. The molecule has 2 aromatic carbocycles. The second kappa shape index (κ2) is 7.86. The molecule has 3 N–H and O–H groups in total. The third kappa shape index (κ3) is 4.32. The molecule has 5 heteroatoms. The van der Waals surface area contributed by atoms with Crippen LogP contribution < -0.4 is 26.0 Å². The van der Waals surface area contributed by atoms with Gasteiger partial charge in [-0.25, -0.2) is 11.3 Å². The zero-order chi connectivity index (χ0) is 20.5. The van der Waals surface area contributed by atoms with Crippen LogP contribution in [-0.4, -0.2) is 13.1 Å². The van der Waals surface area contributed by atoms with Crippen LogP contribution in [0.4, 0.5) is 11.4 Å². The lowest BCUT2D eigenvalue weighted by Gasteiger charge is -2.29. The summed E-state index contributed by atoms with van der Waals surface area (Å²) in [6.45, 7) is 11.3. The van der Waals surface area contributed by atoms with Gasteiger partial charge in [-0.1, -0.05) is 32.9 Å². The van der Waals surface area contributed by atoms with Gasteiger partial charge in [-0.15, -0.1) is 0 Å². The molecule has 0 aromatic heterocycles. The fourth-order valence-corrected chi connectivity index (χ4v) is 3.35. The Morgan fingerprint density at radius 2 is 1.89 bits per heavy atom. The van der Waals surface area contributed by atoms with Crippen LogP contribution in [0.15, 0.2) is 48.7 Å². The second-order valence-electron chi connectivity index (χ2n) is 8.61. The highest BCUT2D eigenvalue weighted by molar-refractivity contribution is 5.57. The smallest absolute Gasteiger partial charge is 0.122 e. The van der Waals surface area contributed by atoms with E-state index >= 15 is 0 Å². The number of nitrogens with zero attached hydrogens (tertiary/aromatic N) is 2. The van der Waals surface area contributed by atoms with Crippen LogP contribution in [0.2, 0.25) is 0 Å². The van der Waals surface area contributed by atoms with Crippen molar-refractivity contribution in [1.29, 1.82) is 0 Å². The maximum absolute atomic E-state index is 6.15. The zero-order valence-electron chi connectivity index (χ0n) is 17.8. The van der Waals surface area contributed by atoms with Crippen molar-refractivity contribution in [3.05, 3.63) is 65.4 Å². The predicted molar refractivity (Wildman–Crippen MR) is 117 cm³/mol. The van der Waals surface area contributed by atoms with Crippen molar-refractivity contribution < 1.29 is 4.74 Å². The molecule has 1 aliphatic rings. The summed E-state index contributed by atoms with van der Waals surface area (Å²) in [5.41, 5.74) is 9.17. The lowest BCUT2D eigenvalue weighted by Crippen LogP contribution is -2.42. The second-order valence-corrected chi connectivity index (χ2v) is 8.61. The molecule has 0 fully saturated rings. The highest BCUT2D eigenvalue weighted by Gasteiger charge is 2.27. The molecule has 0 spiro atoms. The Labute approximate surface area is 168 Å². The molecule has 0 aliphatic carbocycles. The Hall–Kier alpha value is -2.50. The molecule has 0 amide bonds. The van der Waals surface area contributed by atoms with Crippen LogP contribution in [0, 0.1) is 19.3 Å². The third-order valence-corrected chi connectivity index (χ3v) is 5.21. The van der Waals surface area contributed by atoms with Gasteiger partial charge in [-0.2, -0.15) is 0 Å². The lowest BCUT2D eigenvalue weighted by molar-refractivity contribution is 0.303. The van der Waals surface area contributed by atoms with Crippen LogP contribution in [-0.2, 0) is 6.61 Å². The number of anilines is 2. The number of hydrogen-bond acceptors (Lipinski definition) is 5. The summed E-state index contributed by atoms with van der Waals surface area (Å²) in [6.07, 6.45) is 4.31. The van der Waals surface area contributed by atoms with Gasteiger partial charge in [0.1, 0.15) is 12.4 Å². The van der Waals surface area contributed by atoms with Crippen LogP contribution in [0.25, 0.3) is 0 Å². The van der Waals surface area contributed by atoms with E-state index in [9.17, 15) is 0 Å². The highest BCUT2D eigenvalue weighted by Crippen LogP contribution is 2.30. The number of rotatable bonds is 5. The van der Waals surface area contributed by atoms with Crippen molar-refractivity contribution in [3.8, 4) is 5.75 Å². The van der Waals surface area contributed by atoms with Gasteiger partial charge in [0.15, 0.2) is 0 Å².